The van der Waals surface area contributed by atoms with E-state index in [0.29, 0.717) is 11.3 Å². The van der Waals surface area contributed by atoms with Gasteiger partial charge in [0.05, 0.1) is 29.6 Å². The van der Waals surface area contributed by atoms with Gasteiger partial charge in [0.2, 0.25) is 0 Å². The molecule has 1 fully saturated rings. The number of hydrogen-bond acceptors (Lipinski definition) is 3. The second-order valence-electron chi connectivity index (χ2n) is 5.91. The van der Waals surface area contributed by atoms with Gasteiger partial charge in [0.15, 0.2) is 5.65 Å². The van der Waals surface area contributed by atoms with Gasteiger partial charge >= 0.3 is 6.18 Å². The van der Waals surface area contributed by atoms with Crippen molar-refractivity contribution < 1.29 is 13.2 Å². The standard InChI is InChI=1S/C17H11F3N4/c18-17(19,20)14-7-23-15-8-22-13(9-24(14)15)11-1-3-12(4-2-11)16(10-21)5-6-16/h1-4,7-9H,5-6H2. The van der Waals surface area contributed by atoms with Gasteiger partial charge in [0, 0.05) is 11.8 Å². The fourth-order valence-electron chi connectivity index (χ4n) is 2.80. The van der Waals surface area contributed by atoms with Crippen molar-refractivity contribution >= 4 is 5.65 Å². The molecule has 4 rings (SSSR count). The normalized spacial score (nSPS) is 16.1. The van der Waals surface area contributed by atoms with Gasteiger partial charge in [-0.15, -0.1) is 0 Å². The molecule has 1 saturated carbocycles. The zero-order chi connectivity index (χ0) is 16.9. The Kier molecular flexibility index (Phi) is 2.94. The van der Waals surface area contributed by atoms with Gasteiger partial charge in [0.1, 0.15) is 5.69 Å². The zero-order valence-electron chi connectivity index (χ0n) is 12.4. The minimum Gasteiger partial charge on any atom is -0.292 e. The van der Waals surface area contributed by atoms with Crippen molar-refractivity contribution in [3.05, 3.63) is 54.1 Å². The largest absolute Gasteiger partial charge is 0.433 e. The summed E-state index contributed by atoms with van der Waals surface area (Å²) in [6, 6.07) is 9.57. The molecule has 7 heteroatoms. The van der Waals surface area contributed by atoms with Gasteiger partial charge in [0.25, 0.3) is 0 Å². The maximum Gasteiger partial charge on any atom is 0.433 e. The van der Waals surface area contributed by atoms with E-state index in [-0.39, 0.29) is 11.1 Å². The lowest BCUT2D eigenvalue weighted by Gasteiger charge is -2.09. The maximum atomic E-state index is 13.0. The molecule has 1 aliphatic rings. The lowest BCUT2D eigenvalue weighted by molar-refractivity contribution is -0.141. The van der Waals surface area contributed by atoms with Gasteiger partial charge in [-0.2, -0.15) is 18.4 Å². The van der Waals surface area contributed by atoms with E-state index < -0.39 is 11.9 Å². The van der Waals surface area contributed by atoms with Crippen molar-refractivity contribution in [2.75, 3.05) is 0 Å². The van der Waals surface area contributed by atoms with E-state index >= 15 is 0 Å². The van der Waals surface area contributed by atoms with Crippen molar-refractivity contribution in [1.29, 1.82) is 5.26 Å². The summed E-state index contributed by atoms with van der Waals surface area (Å²) in [6.45, 7) is 0. The van der Waals surface area contributed by atoms with Gasteiger partial charge in [-0.25, -0.2) is 4.98 Å². The predicted octanol–water partition coefficient (Wildman–Crippen LogP) is 3.97. The maximum absolute atomic E-state index is 13.0. The Balaban J connectivity index is 1.75. The lowest BCUT2D eigenvalue weighted by Crippen LogP contribution is -2.09. The first-order valence-corrected chi connectivity index (χ1v) is 7.35. The molecule has 120 valence electrons. The first-order chi connectivity index (χ1) is 11.4. The topological polar surface area (TPSA) is 54.0 Å². The van der Waals surface area contributed by atoms with Crippen molar-refractivity contribution in [3.63, 3.8) is 0 Å². The number of hydrogen-bond donors (Lipinski definition) is 0. The van der Waals surface area contributed by atoms with E-state index in [0.717, 1.165) is 29.0 Å². The van der Waals surface area contributed by atoms with Gasteiger partial charge in [-0.3, -0.25) is 9.38 Å². The Labute approximate surface area is 135 Å². The highest BCUT2D eigenvalue weighted by Crippen LogP contribution is 2.47. The highest BCUT2D eigenvalue weighted by molar-refractivity contribution is 5.61. The van der Waals surface area contributed by atoms with Crippen LogP contribution in [-0.2, 0) is 11.6 Å². The van der Waals surface area contributed by atoms with Crippen LogP contribution in [0.3, 0.4) is 0 Å². The quantitative estimate of drug-likeness (QED) is 0.715. The molecule has 0 radical (unpaired) electrons. The molecule has 0 spiro atoms. The second-order valence-corrected chi connectivity index (χ2v) is 5.91. The molecule has 0 amide bonds. The Morgan fingerprint density at radius 1 is 1.08 bits per heavy atom. The SMILES string of the molecule is N#CC1(c2ccc(-c3cn4c(C(F)(F)F)cnc4cn3)cc2)CC1. The minimum atomic E-state index is -4.48. The summed E-state index contributed by atoms with van der Waals surface area (Å²) in [5.74, 6) is 0. The Morgan fingerprint density at radius 3 is 2.38 bits per heavy atom. The summed E-state index contributed by atoms with van der Waals surface area (Å²) in [4.78, 5) is 7.91. The summed E-state index contributed by atoms with van der Waals surface area (Å²) in [5, 5.41) is 9.22. The van der Waals surface area contributed by atoms with Crippen LogP contribution in [0, 0.1) is 11.3 Å². The average molecular weight is 328 g/mol. The number of fused-ring (bicyclic) bond motifs is 1. The van der Waals surface area contributed by atoms with Crippen LogP contribution in [0.25, 0.3) is 16.9 Å². The first kappa shape index (κ1) is 14.7. The predicted molar refractivity (Wildman–Crippen MR) is 80.0 cm³/mol. The fraction of sp³-hybridized carbons (Fsp3) is 0.235. The molecule has 1 aromatic carbocycles. The molecule has 0 bridgehead atoms. The molecule has 4 nitrogen and oxygen atoms in total. The highest BCUT2D eigenvalue weighted by atomic mass is 19.4. The van der Waals surface area contributed by atoms with E-state index in [2.05, 4.69) is 16.0 Å². The molecule has 0 unspecified atom stereocenters. The number of rotatable bonds is 2. The fourth-order valence-corrected chi connectivity index (χ4v) is 2.80. The third-order valence-electron chi connectivity index (χ3n) is 4.38. The number of alkyl halides is 3. The van der Waals surface area contributed by atoms with Crippen molar-refractivity contribution in [2.24, 2.45) is 0 Å². The minimum absolute atomic E-state index is 0.143. The number of imidazole rings is 1. The number of nitrogens with zero attached hydrogens (tertiary/aromatic N) is 4. The van der Waals surface area contributed by atoms with Crippen molar-refractivity contribution in [2.45, 2.75) is 24.4 Å². The van der Waals surface area contributed by atoms with Crippen molar-refractivity contribution in [3.8, 4) is 17.3 Å². The van der Waals surface area contributed by atoms with E-state index in [1.807, 2.05) is 12.1 Å². The van der Waals surface area contributed by atoms with Crippen LogP contribution in [0.4, 0.5) is 13.2 Å². The molecular formula is C17H11F3N4. The van der Waals surface area contributed by atoms with Crippen LogP contribution in [0.15, 0.2) is 42.9 Å². The van der Waals surface area contributed by atoms with Gasteiger partial charge in [-0.05, 0) is 18.4 Å². The molecule has 2 aromatic heterocycles. The monoisotopic (exact) mass is 328 g/mol. The van der Waals surface area contributed by atoms with Crippen LogP contribution in [0.2, 0.25) is 0 Å². The average Bonchev–Trinajstić information content (AvgIpc) is 3.25. The van der Waals surface area contributed by atoms with Crippen LogP contribution in [-0.4, -0.2) is 14.4 Å². The van der Waals surface area contributed by atoms with Gasteiger partial charge < -0.3 is 0 Å². The number of benzene rings is 1. The zero-order valence-corrected chi connectivity index (χ0v) is 12.4. The Hall–Kier alpha value is -2.88. The summed E-state index contributed by atoms with van der Waals surface area (Å²) >= 11 is 0. The number of nitriles is 1. The molecule has 0 N–H and O–H groups in total. The Morgan fingerprint density at radius 2 is 1.79 bits per heavy atom. The molecular weight excluding hydrogens is 317 g/mol. The summed E-state index contributed by atoms with van der Waals surface area (Å²) in [7, 11) is 0. The van der Waals surface area contributed by atoms with Crippen LogP contribution < -0.4 is 0 Å². The summed E-state index contributed by atoms with van der Waals surface area (Å²) in [5.41, 5.74) is 0.969. The third-order valence-corrected chi connectivity index (χ3v) is 4.38. The lowest BCUT2D eigenvalue weighted by atomic mass is 9.96. The van der Waals surface area contributed by atoms with E-state index in [9.17, 15) is 18.4 Å². The first-order valence-electron chi connectivity index (χ1n) is 7.35. The van der Waals surface area contributed by atoms with Crippen molar-refractivity contribution in [1.82, 2.24) is 14.4 Å². The molecule has 2 heterocycles. The summed E-state index contributed by atoms with van der Waals surface area (Å²) in [6.07, 6.45) is 0.655. The molecule has 0 atom stereocenters. The van der Waals surface area contributed by atoms with Crippen LogP contribution in [0.5, 0.6) is 0 Å². The van der Waals surface area contributed by atoms with E-state index in [4.69, 9.17) is 0 Å². The Bertz CT molecular complexity index is 960. The molecule has 24 heavy (non-hydrogen) atoms. The third kappa shape index (κ3) is 2.22. The second kappa shape index (κ2) is 4.81. The number of aromatic nitrogens is 3. The van der Waals surface area contributed by atoms with Crippen LogP contribution >= 0.6 is 0 Å². The molecule has 1 aliphatic carbocycles. The van der Waals surface area contributed by atoms with E-state index in [1.165, 1.54) is 12.4 Å². The highest BCUT2D eigenvalue weighted by Gasteiger charge is 2.44. The molecule has 3 aromatic rings. The summed E-state index contributed by atoms with van der Waals surface area (Å²) < 4.78 is 40.0. The number of halogens is 3. The van der Waals surface area contributed by atoms with Gasteiger partial charge in [-0.1, -0.05) is 24.3 Å². The smallest absolute Gasteiger partial charge is 0.292 e. The van der Waals surface area contributed by atoms with E-state index in [1.54, 1.807) is 12.1 Å². The van der Waals surface area contributed by atoms with Crippen LogP contribution in [0.1, 0.15) is 24.1 Å². The molecule has 0 saturated heterocycles. The molecule has 0 aliphatic heterocycles.